The molecule has 0 aliphatic heterocycles. The molecule has 0 N–H and O–H groups in total. The van der Waals surface area contributed by atoms with Crippen LogP contribution in [0.15, 0.2) is 18.2 Å². The van der Waals surface area contributed by atoms with E-state index >= 15 is 0 Å². The molecular weight excluding hydrogens is 319 g/mol. The van der Waals surface area contributed by atoms with Gasteiger partial charge in [-0.1, -0.05) is 27.5 Å². The third kappa shape index (κ3) is 6.05. The summed E-state index contributed by atoms with van der Waals surface area (Å²) in [6, 6.07) is 5.59. The molecule has 0 aromatic heterocycles. The third-order valence-electron chi connectivity index (χ3n) is 2.29. The van der Waals surface area contributed by atoms with Crippen molar-refractivity contribution in [1.29, 1.82) is 0 Å². The van der Waals surface area contributed by atoms with Crippen LogP contribution in [0, 0.1) is 0 Å². The van der Waals surface area contributed by atoms with E-state index in [-0.39, 0.29) is 0 Å². The molecule has 1 rings (SSSR count). The highest BCUT2D eigenvalue weighted by atomic mass is 79.9. The summed E-state index contributed by atoms with van der Waals surface area (Å²) >= 11 is 9.32. The summed E-state index contributed by atoms with van der Waals surface area (Å²) in [7, 11) is 1.69. The highest BCUT2D eigenvalue weighted by molar-refractivity contribution is 9.08. The van der Waals surface area contributed by atoms with E-state index in [1.54, 1.807) is 7.11 Å². The smallest absolute Gasteiger partial charge is 0.123 e. The zero-order valence-corrected chi connectivity index (χ0v) is 12.8. The van der Waals surface area contributed by atoms with E-state index < -0.39 is 0 Å². The van der Waals surface area contributed by atoms with Crippen LogP contribution < -0.4 is 4.74 Å². The number of hydrogen-bond acceptors (Lipinski definition) is 3. The summed E-state index contributed by atoms with van der Waals surface area (Å²) < 4.78 is 16.0. The highest BCUT2D eigenvalue weighted by Gasteiger charge is 2.03. The SMILES string of the molecule is COCCCOCCOc1ccc(Cl)cc1CBr. The Labute approximate surface area is 121 Å². The number of methoxy groups -OCH3 is 1. The van der Waals surface area contributed by atoms with Crippen molar-refractivity contribution < 1.29 is 14.2 Å². The van der Waals surface area contributed by atoms with E-state index in [1.807, 2.05) is 18.2 Å². The van der Waals surface area contributed by atoms with E-state index in [2.05, 4.69) is 15.9 Å². The van der Waals surface area contributed by atoms with E-state index in [0.717, 1.165) is 29.7 Å². The fraction of sp³-hybridized carbons (Fsp3) is 0.538. The van der Waals surface area contributed by atoms with Gasteiger partial charge in [-0.05, 0) is 24.6 Å². The summed E-state index contributed by atoms with van der Waals surface area (Å²) in [6.07, 6.45) is 0.907. The molecule has 0 fully saturated rings. The Morgan fingerprint density at radius 3 is 2.72 bits per heavy atom. The first-order valence-electron chi connectivity index (χ1n) is 5.81. The quantitative estimate of drug-likeness (QED) is 0.508. The van der Waals surface area contributed by atoms with Gasteiger partial charge in [-0.15, -0.1) is 0 Å². The predicted octanol–water partition coefficient (Wildman–Crippen LogP) is 3.67. The molecule has 0 aliphatic rings. The first kappa shape index (κ1) is 15.8. The summed E-state index contributed by atoms with van der Waals surface area (Å²) in [5.74, 6) is 0.844. The Kier molecular flexibility index (Phi) is 8.42. The monoisotopic (exact) mass is 336 g/mol. The lowest BCUT2D eigenvalue weighted by molar-refractivity contribution is 0.0805. The summed E-state index contributed by atoms with van der Waals surface area (Å²) in [6.45, 7) is 2.54. The number of hydrogen-bond donors (Lipinski definition) is 0. The van der Waals surface area contributed by atoms with Gasteiger partial charge in [-0.25, -0.2) is 0 Å². The van der Waals surface area contributed by atoms with Crippen molar-refractivity contribution in [3.05, 3.63) is 28.8 Å². The number of halogens is 2. The lowest BCUT2D eigenvalue weighted by Crippen LogP contribution is -2.09. The zero-order valence-electron chi connectivity index (χ0n) is 10.5. The molecule has 1 aromatic carbocycles. The molecule has 0 aliphatic carbocycles. The van der Waals surface area contributed by atoms with Gasteiger partial charge >= 0.3 is 0 Å². The van der Waals surface area contributed by atoms with Crippen molar-refractivity contribution in [2.45, 2.75) is 11.8 Å². The number of ether oxygens (including phenoxy) is 3. The number of rotatable bonds is 9. The molecule has 102 valence electrons. The van der Waals surface area contributed by atoms with Crippen LogP contribution in [0.3, 0.4) is 0 Å². The zero-order chi connectivity index (χ0) is 13.2. The van der Waals surface area contributed by atoms with Crippen molar-refractivity contribution in [1.82, 2.24) is 0 Å². The predicted molar refractivity (Wildman–Crippen MR) is 76.9 cm³/mol. The molecule has 0 saturated carbocycles. The molecule has 3 nitrogen and oxygen atoms in total. The van der Waals surface area contributed by atoms with E-state index in [0.29, 0.717) is 24.8 Å². The second-order valence-corrected chi connectivity index (χ2v) is 4.69. The molecule has 0 bridgehead atoms. The molecule has 0 saturated heterocycles. The standard InChI is InChI=1S/C13H18BrClO3/c1-16-5-2-6-17-7-8-18-13-4-3-12(15)9-11(13)10-14/h3-4,9H,2,5-8,10H2,1H3. The van der Waals surface area contributed by atoms with E-state index in [4.69, 9.17) is 25.8 Å². The maximum Gasteiger partial charge on any atom is 0.123 e. The molecular formula is C13H18BrClO3. The second-order valence-electron chi connectivity index (χ2n) is 3.69. The fourth-order valence-electron chi connectivity index (χ4n) is 1.41. The van der Waals surface area contributed by atoms with E-state index in [1.165, 1.54) is 0 Å². The van der Waals surface area contributed by atoms with Crippen molar-refractivity contribution in [3.8, 4) is 5.75 Å². The Balaban J connectivity index is 2.22. The highest BCUT2D eigenvalue weighted by Crippen LogP contribution is 2.24. The second kappa shape index (κ2) is 9.62. The van der Waals surface area contributed by atoms with Gasteiger partial charge < -0.3 is 14.2 Å². The summed E-state index contributed by atoms with van der Waals surface area (Å²) in [4.78, 5) is 0. The van der Waals surface area contributed by atoms with Gasteiger partial charge in [-0.2, -0.15) is 0 Å². The van der Waals surface area contributed by atoms with Crippen LogP contribution in [0.5, 0.6) is 5.75 Å². The Bertz CT molecular complexity index is 347. The lowest BCUT2D eigenvalue weighted by Gasteiger charge is -2.10. The minimum atomic E-state index is 0.536. The van der Waals surface area contributed by atoms with Crippen LogP contribution in [0.25, 0.3) is 0 Å². The van der Waals surface area contributed by atoms with Crippen molar-refractivity contribution >= 4 is 27.5 Å². The maximum atomic E-state index is 5.91. The topological polar surface area (TPSA) is 27.7 Å². The van der Waals surface area contributed by atoms with Crippen LogP contribution in [-0.4, -0.2) is 33.5 Å². The van der Waals surface area contributed by atoms with Gasteiger partial charge in [-0.3, -0.25) is 0 Å². The van der Waals surface area contributed by atoms with Crippen LogP contribution in [-0.2, 0) is 14.8 Å². The molecule has 18 heavy (non-hydrogen) atoms. The van der Waals surface area contributed by atoms with Crippen molar-refractivity contribution in [3.63, 3.8) is 0 Å². The van der Waals surface area contributed by atoms with Gasteiger partial charge in [0, 0.05) is 36.2 Å². The van der Waals surface area contributed by atoms with Gasteiger partial charge in [0.05, 0.1) is 6.61 Å². The Hall–Kier alpha value is -0.290. The summed E-state index contributed by atoms with van der Waals surface area (Å²) in [5, 5.41) is 1.44. The minimum absolute atomic E-state index is 0.536. The minimum Gasteiger partial charge on any atom is -0.491 e. The van der Waals surface area contributed by atoms with Gasteiger partial charge in [0.2, 0.25) is 0 Å². The maximum absolute atomic E-state index is 5.91. The number of alkyl halides is 1. The van der Waals surface area contributed by atoms with Crippen LogP contribution in [0.2, 0.25) is 5.02 Å². The Morgan fingerprint density at radius 1 is 1.17 bits per heavy atom. The van der Waals surface area contributed by atoms with Crippen molar-refractivity contribution in [2.24, 2.45) is 0 Å². The van der Waals surface area contributed by atoms with Crippen LogP contribution >= 0.6 is 27.5 Å². The normalized spacial score (nSPS) is 10.6. The largest absolute Gasteiger partial charge is 0.491 e. The van der Waals surface area contributed by atoms with Crippen LogP contribution in [0.4, 0.5) is 0 Å². The molecule has 0 atom stereocenters. The first-order valence-corrected chi connectivity index (χ1v) is 7.31. The molecule has 5 heteroatoms. The number of benzene rings is 1. The molecule has 1 aromatic rings. The molecule has 0 amide bonds. The van der Waals surface area contributed by atoms with E-state index in [9.17, 15) is 0 Å². The first-order chi connectivity index (χ1) is 8.77. The average Bonchev–Trinajstić information content (AvgIpc) is 2.39. The molecule has 0 radical (unpaired) electrons. The van der Waals surface area contributed by atoms with Gasteiger partial charge in [0.15, 0.2) is 0 Å². The summed E-state index contributed by atoms with van der Waals surface area (Å²) in [5.41, 5.74) is 1.04. The van der Waals surface area contributed by atoms with Crippen LogP contribution in [0.1, 0.15) is 12.0 Å². The van der Waals surface area contributed by atoms with Crippen molar-refractivity contribution in [2.75, 3.05) is 33.5 Å². The van der Waals surface area contributed by atoms with Gasteiger partial charge in [0.25, 0.3) is 0 Å². The third-order valence-corrected chi connectivity index (χ3v) is 3.13. The fourth-order valence-corrected chi connectivity index (χ4v) is 2.04. The molecule has 0 heterocycles. The molecule has 0 unspecified atom stereocenters. The lowest BCUT2D eigenvalue weighted by atomic mass is 10.2. The Morgan fingerprint density at radius 2 is 2.00 bits per heavy atom. The molecule has 0 spiro atoms. The van der Waals surface area contributed by atoms with Gasteiger partial charge in [0.1, 0.15) is 12.4 Å². The average molecular weight is 338 g/mol.